The standard InChI is InChI=1S/C12H18O3/c1-4-10-5-6-11(15-10)12(13)9(2)7-8-14-3/h5-6,9H,4,7-8H2,1-3H3. The summed E-state index contributed by atoms with van der Waals surface area (Å²) >= 11 is 0. The zero-order valence-corrected chi connectivity index (χ0v) is 9.58. The van der Waals surface area contributed by atoms with Crippen molar-refractivity contribution >= 4 is 5.78 Å². The highest BCUT2D eigenvalue weighted by Crippen LogP contribution is 2.15. The van der Waals surface area contributed by atoms with Gasteiger partial charge >= 0.3 is 0 Å². The summed E-state index contributed by atoms with van der Waals surface area (Å²) in [7, 11) is 1.64. The van der Waals surface area contributed by atoms with Crippen molar-refractivity contribution in [3.63, 3.8) is 0 Å². The molecule has 3 nitrogen and oxygen atoms in total. The molecule has 3 heteroatoms. The van der Waals surface area contributed by atoms with Crippen LogP contribution < -0.4 is 0 Å². The monoisotopic (exact) mass is 210 g/mol. The van der Waals surface area contributed by atoms with Gasteiger partial charge in [0.05, 0.1) is 0 Å². The number of aryl methyl sites for hydroxylation is 1. The second-order valence-electron chi connectivity index (χ2n) is 3.67. The van der Waals surface area contributed by atoms with Crippen molar-refractivity contribution in [1.82, 2.24) is 0 Å². The second kappa shape index (κ2) is 5.71. The summed E-state index contributed by atoms with van der Waals surface area (Å²) in [6.07, 6.45) is 1.55. The van der Waals surface area contributed by atoms with E-state index in [2.05, 4.69) is 0 Å². The van der Waals surface area contributed by atoms with Gasteiger partial charge in [0.15, 0.2) is 5.76 Å². The highest BCUT2D eigenvalue weighted by Gasteiger charge is 2.18. The lowest BCUT2D eigenvalue weighted by molar-refractivity contribution is 0.0864. The Balaban J connectivity index is 2.59. The topological polar surface area (TPSA) is 39.4 Å². The van der Waals surface area contributed by atoms with Gasteiger partial charge in [-0.2, -0.15) is 0 Å². The lowest BCUT2D eigenvalue weighted by atomic mass is 10.0. The number of carbonyl (C=O) groups is 1. The van der Waals surface area contributed by atoms with E-state index in [4.69, 9.17) is 9.15 Å². The van der Waals surface area contributed by atoms with Gasteiger partial charge in [0.1, 0.15) is 5.76 Å². The SMILES string of the molecule is CCc1ccc(C(=O)C(C)CCOC)o1. The van der Waals surface area contributed by atoms with Crippen LogP contribution in [-0.4, -0.2) is 19.5 Å². The van der Waals surface area contributed by atoms with E-state index in [1.54, 1.807) is 13.2 Å². The van der Waals surface area contributed by atoms with Crippen molar-refractivity contribution in [1.29, 1.82) is 0 Å². The third kappa shape index (κ3) is 3.20. The van der Waals surface area contributed by atoms with E-state index >= 15 is 0 Å². The summed E-state index contributed by atoms with van der Waals surface area (Å²) in [4.78, 5) is 11.8. The van der Waals surface area contributed by atoms with Crippen LogP contribution in [-0.2, 0) is 11.2 Å². The van der Waals surface area contributed by atoms with Crippen molar-refractivity contribution in [2.45, 2.75) is 26.7 Å². The molecule has 1 unspecified atom stereocenters. The number of hydrogen-bond acceptors (Lipinski definition) is 3. The Kier molecular flexibility index (Phi) is 4.56. The first-order valence-corrected chi connectivity index (χ1v) is 5.30. The fourth-order valence-corrected chi connectivity index (χ4v) is 1.37. The molecule has 1 atom stereocenters. The molecule has 0 fully saturated rings. The summed E-state index contributed by atoms with van der Waals surface area (Å²) in [5.74, 6) is 1.35. The highest BCUT2D eigenvalue weighted by molar-refractivity contribution is 5.95. The molecule has 0 amide bonds. The van der Waals surface area contributed by atoms with Crippen molar-refractivity contribution in [3.8, 4) is 0 Å². The van der Waals surface area contributed by atoms with E-state index < -0.39 is 0 Å². The lowest BCUT2D eigenvalue weighted by Crippen LogP contribution is -2.12. The zero-order valence-electron chi connectivity index (χ0n) is 9.58. The van der Waals surface area contributed by atoms with Crippen molar-refractivity contribution in [2.75, 3.05) is 13.7 Å². The van der Waals surface area contributed by atoms with Crippen LogP contribution in [0.1, 0.15) is 36.6 Å². The van der Waals surface area contributed by atoms with E-state index in [1.807, 2.05) is 19.9 Å². The number of Topliss-reactive ketones (excluding diaryl/α,β-unsaturated/α-hetero) is 1. The Morgan fingerprint density at radius 3 is 2.80 bits per heavy atom. The summed E-state index contributed by atoms with van der Waals surface area (Å²) in [5.41, 5.74) is 0. The van der Waals surface area contributed by atoms with Crippen LogP contribution in [0, 0.1) is 5.92 Å². The normalized spacial score (nSPS) is 12.7. The number of methoxy groups -OCH3 is 1. The molecule has 1 heterocycles. The number of rotatable bonds is 6. The molecule has 1 rings (SSSR count). The molecule has 0 saturated carbocycles. The first-order chi connectivity index (χ1) is 7.19. The summed E-state index contributed by atoms with van der Waals surface area (Å²) in [6, 6.07) is 3.61. The van der Waals surface area contributed by atoms with Gasteiger partial charge in [-0.25, -0.2) is 0 Å². The van der Waals surface area contributed by atoms with Gasteiger partial charge in [0.2, 0.25) is 5.78 Å². The predicted octanol–water partition coefficient (Wildman–Crippen LogP) is 2.70. The largest absolute Gasteiger partial charge is 0.458 e. The van der Waals surface area contributed by atoms with Crippen molar-refractivity contribution < 1.29 is 13.9 Å². The molecule has 0 saturated heterocycles. The molecule has 1 aromatic heterocycles. The Labute approximate surface area is 90.4 Å². The van der Waals surface area contributed by atoms with Crippen LogP contribution in [0.25, 0.3) is 0 Å². The second-order valence-corrected chi connectivity index (χ2v) is 3.67. The average molecular weight is 210 g/mol. The summed E-state index contributed by atoms with van der Waals surface area (Å²) in [5, 5.41) is 0. The molecule has 0 aliphatic carbocycles. The van der Waals surface area contributed by atoms with Gasteiger partial charge in [0, 0.05) is 26.1 Å². The zero-order chi connectivity index (χ0) is 11.3. The van der Waals surface area contributed by atoms with E-state index in [0.717, 1.165) is 18.6 Å². The van der Waals surface area contributed by atoms with Gasteiger partial charge in [0.25, 0.3) is 0 Å². The van der Waals surface area contributed by atoms with Gasteiger partial charge < -0.3 is 9.15 Å². The minimum absolute atomic E-state index is 0.0409. The summed E-state index contributed by atoms with van der Waals surface area (Å²) < 4.78 is 10.3. The lowest BCUT2D eigenvalue weighted by Gasteiger charge is -2.07. The first kappa shape index (κ1) is 12.0. The molecule has 0 spiro atoms. The number of furan rings is 1. The molecule has 0 N–H and O–H groups in total. The number of ketones is 1. The molecular weight excluding hydrogens is 192 g/mol. The fourth-order valence-electron chi connectivity index (χ4n) is 1.37. The molecule has 1 aromatic rings. The van der Waals surface area contributed by atoms with Gasteiger partial charge in [-0.1, -0.05) is 13.8 Å². The predicted molar refractivity (Wildman–Crippen MR) is 58.1 cm³/mol. The van der Waals surface area contributed by atoms with Crippen LogP contribution in [0.3, 0.4) is 0 Å². The minimum Gasteiger partial charge on any atom is -0.458 e. The number of ether oxygens (including phenoxy) is 1. The maximum atomic E-state index is 11.8. The van der Waals surface area contributed by atoms with Crippen molar-refractivity contribution in [2.24, 2.45) is 5.92 Å². The van der Waals surface area contributed by atoms with E-state index in [1.165, 1.54) is 0 Å². The van der Waals surface area contributed by atoms with Crippen LogP contribution in [0.4, 0.5) is 0 Å². The van der Waals surface area contributed by atoms with Crippen LogP contribution in [0.15, 0.2) is 16.5 Å². The van der Waals surface area contributed by atoms with Gasteiger partial charge in [-0.05, 0) is 18.6 Å². The third-order valence-electron chi connectivity index (χ3n) is 2.46. The molecule has 0 radical (unpaired) electrons. The highest BCUT2D eigenvalue weighted by atomic mass is 16.5. The van der Waals surface area contributed by atoms with Crippen molar-refractivity contribution in [3.05, 3.63) is 23.7 Å². The number of hydrogen-bond donors (Lipinski definition) is 0. The van der Waals surface area contributed by atoms with E-state index in [9.17, 15) is 4.79 Å². The van der Waals surface area contributed by atoms with Crippen LogP contribution >= 0.6 is 0 Å². The molecular formula is C12H18O3. The fraction of sp³-hybridized carbons (Fsp3) is 0.583. The molecule has 0 aromatic carbocycles. The minimum atomic E-state index is -0.0409. The Hall–Kier alpha value is -1.09. The number of carbonyl (C=O) groups excluding carboxylic acids is 1. The Bertz CT molecular complexity index is 314. The molecule has 84 valence electrons. The van der Waals surface area contributed by atoms with Gasteiger partial charge in [-0.15, -0.1) is 0 Å². The molecule has 0 aliphatic rings. The maximum Gasteiger partial charge on any atom is 0.200 e. The first-order valence-electron chi connectivity index (χ1n) is 5.30. The molecule has 0 bridgehead atoms. The smallest absolute Gasteiger partial charge is 0.200 e. The maximum absolute atomic E-state index is 11.8. The Morgan fingerprint density at radius 2 is 2.27 bits per heavy atom. The average Bonchev–Trinajstić information content (AvgIpc) is 2.73. The summed E-state index contributed by atoms with van der Waals surface area (Å²) in [6.45, 7) is 4.51. The van der Waals surface area contributed by atoms with Gasteiger partial charge in [-0.3, -0.25) is 4.79 Å². The van der Waals surface area contributed by atoms with E-state index in [0.29, 0.717) is 12.4 Å². The quantitative estimate of drug-likeness (QED) is 0.678. The van der Waals surface area contributed by atoms with Crippen LogP contribution in [0.5, 0.6) is 0 Å². The third-order valence-corrected chi connectivity index (χ3v) is 2.46. The molecule has 15 heavy (non-hydrogen) atoms. The van der Waals surface area contributed by atoms with Crippen LogP contribution in [0.2, 0.25) is 0 Å². The van der Waals surface area contributed by atoms with E-state index in [-0.39, 0.29) is 11.7 Å². The Morgan fingerprint density at radius 1 is 1.53 bits per heavy atom. The molecule has 0 aliphatic heterocycles.